The van der Waals surface area contributed by atoms with Gasteiger partial charge in [-0.05, 0) is 38.3 Å². The highest BCUT2D eigenvalue weighted by atomic mass is 15.1. The second-order valence-corrected chi connectivity index (χ2v) is 6.19. The Labute approximate surface area is 102 Å². The molecule has 0 saturated heterocycles. The third-order valence-electron chi connectivity index (χ3n) is 3.66. The molecule has 1 N–H and O–H groups in total. The van der Waals surface area contributed by atoms with Crippen molar-refractivity contribution in [1.82, 2.24) is 10.2 Å². The highest BCUT2D eigenvalue weighted by molar-refractivity contribution is 4.81. The summed E-state index contributed by atoms with van der Waals surface area (Å²) in [6.07, 6.45) is 6.92. The van der Waals surface area contributed by atoms with Crippen LogP contribution in [0.15, 0.2) is 0 Å². The van der Waals surface area contributed by atoms with E-state index in [1.54, 1.807) is 0 Å². The third kappa shape index (κ3) is 4.84. The Morgan fingerprint density at radius 1 is 1.25 bits per heavy atom. The average molecular weight is 226 g/mol. The molecular weight excluding hydrogens is 196 g/mol. The Morgan fingerprint density at radius 2 is 1.88 bits per heavy atom. The summed E-state index contributed by atoms with van der Waals surface area (Å²) in [5.41, 5.74) is 0.395. The van der Waals surface area contributed by atoms with Crippen LogP contribution in [0.1, 0.15) is 52.9 Å². The standard InChI is InChI=1S/C14H30N2/c1-5-10-15-11-14(2,3)12-16(4)13-8-6-7-9-13/h13,15H,5-12H2,1-4H3. The van der Waals surface area contributed by atoms with E-state index >= 15 is 0 Å². The number of nitrogens with zero attached hydrogens (tertiary/aromatic N) is 1. The van der Waals surface area contributed by atoms with Crippen molar-refractivity contribution in [3.8, 4) is 0 Å². The number of nitrogens with one attached hydrogen (secondary N) is 1. The van der Waals surface area contributed by atoms with Crippen molar-refractivity contribution in [2.45, 2.75) is 58.9 Å². The zero-order valence-electron chi connectivity index (χ0n) is 11.7. The molecule has 0 unspecified atom stereocenters. The lowest BCUT2D eigenvalue weighted by Crippen LogP contribution is -2.42. The normalized spacial score (nSPS) is 18.6. The van der Waals surface area contributed by atoms with Crippen molar-refractivity contribution in [2.24, 2.45) is 5.41 Å². The molecule has 0 radical (unpaired) electrons. The van der Waals surface area contributed by atoms with Crippen molar-refractivity contribution in [3.05, 3.63) is 0 Å². The Bertz CT molecular complexity index is 183. The van der Waals surface area contributed by atoms with E-state index in [0.29, 0.717) is 5.41 Å². The van der Waals surface area contributed by atoms with Crippen molar-refractivity contribution in [3.63, 3.8) is 0 Å². The molecule has 16 heavy (non-hydrogen) atoms. The fourth-order valence-electron chi connectivity index (χ4n) is 2.81. The van der Waals surface area contributed by atoms with Gasteiger partial charge in [-0.3, -0.25) is 0 Å². The minimum atomic E-state index is 0.395. The van der Waals surface area contributed by atoms with Crippen molar-refractivity contribution < 1.29 is 0 Å². The molecule has 2 nitrogen and oxygen atoms in total. The Hall–Kier alpha value is -0.0800. The average Bonchev–Trinajstić information content (AvgIpc) is 2.69. The van der Waals surface area contributed by atoms with Crippen LogP contribution in [-0.2, 0) is 0 Å². The summed E-state index contributed by atoms with van der Waals surface area (Å²) in [6, 6.07) is 0.852. The van der Waals surface area contributed by atoms with Gasteiger partial charge in [0.15, 0.2) is 0 Å². The molecule has 0 heterocycles. The SMILES string of the molecule is CCCNCC(C)(C)CN(C)C1CCCC1. The molecule has 0 aromatic carbocycles. The molecule has 0 bridgehead atoms. The molecule has 0 aliphatic heterocycles. The van der Waals surface area contributed by atoms with Gasteiger partial charge in [-0.25, -0.2) is 0 Å². The van der Waals surface area contributed by atoms with Crippen LogP contribution in [0.5, 0.6) is 0 Å². The molecule has 1 fully saturated rings. The summed E-state index contributed by atoms with van der Waals surface area (Å²) in [5, 5.41) is 3.54. The fourth-order valence-corrected chi connectivity index (χ4v) is 2.81. The minimum Gasteiger partial charge on any atom is -0.316 e. The topological polar surface area (TPSA) is 15.3 Å². The molecule has 0 spiro atoms. The molecule has 0 amide bonds. The van der Waals surface area contributed by atoms with Gasteiger partial charge < -0.3 is 10.2 Å². The van der Waals surface area contributed by atoms with Crippen LogP contribution in [-0.4, -0.2) is 37.6 Å². The van der Waals surface area contributed by atoms with E-state index in [2.05, 4.69) is 38.0 Å². The van der Waals surface area contributed by atoms with E-state index in [0.717, 1.165) is 19.1 Å². The van der Waals surface area contributed by atoms with E-state index in [1.165, 1.54) is 38.6 Å². The quantitative estimate of drug-likeness (QED) is 0.672. The van der Waals surface area contributed by atoms with Gasteiger partial charge >= 0.3 is 0 Å². The highest BCUT2D eigenvalue weighted by Crippen LogP contribution is 2.25. The minimum absolute atomic E-state index is 0.395. The third-order valence-corrected chi connectivity index (χ3v) is 3.66. The summed E-state index contributed by atoms with van der Waals surface area (Å²) in [4.78, 5) is 2.58. The summed E-state index contributed by atoms with van der Waals surface area (Å²) in [7, 11) is 2.30. The smallest absolute Gasteiger partial charge is 0.00924 e. The Kier molecular flexibility index (Phi) is 5.77. The van der Waals surface area contributed by atoms with E-state index < -0.39 is 0 Å². The van der Waals surface area contributed by atoms with Crippen molar-refractivity contribution in [2.75, 3.05) is 26.7 Å². The van der Waals surface area contributed by atoms with Gasteiger partial charge in [-0.15, -0.1) is 0 Å². The molecule has 0 aromatic heterocycles. The van der Waals surface area contributed by atoms with Crippen LogP contribution in [0, 0.1) is 5.41 Å². The van der Waals surface area contributed by atoms with Gasteiger partial charge in [0.25, 0.3) is 0 Å². The van der Waals surface area contributed by atoms with Gasteiger partial charge in [0, 0.05) is 19.1 Å². The largest absolute Gasteiger partial charge is 0.316 e. The highest BCUT2D eigenvalue weighted by Gasteiger charge is 2.25. The maximum Gasteiger partial charge on any atom is 0.00924 e. The molecule has 1 aliphatic carbocycles. The number of hydrogen-bond acceptors (Lipinski definition) is 2. The van der Waals surface area contributed by atoms with Crippen LogP contribution in [0.25, 0.3) is 0 Å². The van der Waals surface area contributed by atoms with E-state index in [1.807, 2.05) is 0 Å². The molecule has 96 valence electrons. The monoisotopic (exact) mass is 226 g/mol. The van der Waals surface area contributed by atoms with E-state index in [9.17, 15) is 0 Å². The molecular formula is C14H30N2. The van der Waals surface area contributed by atoms with Crippen molar-refractivity contribution in [1.29, 1.82) is 0 Å². The molecule has 0 aromatic rings. The van der Waals surface area contributed by atoms with Crippen LogP contribution < -0.4 is 5.32 Å². The summed E-state index contributed by atoms with van der Waals surface area (Å²) in [5.74, 6) is 0. The maximum atomic E-state index is 3.54. The summed E-state index contributed by atoms with van der Waals surface area (Å²) >= 11 is 0. The van der Waals surface area contributed by atoms with Gasteiger partial charge in [-0.1, -0.05) is 33.6 Å². The zero-order chi connectivity index (χ0) is 12.0. The van der Waals surface area contributed by atoms with Crippen LogP contribution >= 0.6 is 0 Å². The second kappa shape index (κ2) is 6.61. The lowest BCUT2D eigenvalue weighted by molar-refractivity contribution is 0.159. The summed E-state index contributed by atoms with van der Waals surface area (Å²) < 4.78 is 0. The molecule has 2 heteroatoms. The maximum absolute atomic E-state index is 3.54. The van der Waals surface area contributed by atoms with Crippen LogP contribution in [0.3, 0.4) is 0 Å². The van der Waals surface area contributed by atoms with Gasteiger partial charge in [0.1, 0.15) is 0 Å². The first kappa shape index (κ1) is 14.0. The zero-order valence-corrected chi connectivity index (χ0v) is 11.7. The van der Waals surface area contributed by atoms with E-state index in [-0.39, 0.29) is 0 Å². The lowest BCUT2D eigenvalue weighted by Gasteiger charge is -2.34. The van der Waals surface area contributed by atoms with Crippen LogP contribution in [0.2, 0.25) is 0 Å². The first-order chi connectivity index (χ1) is 7.55. The molecule has 1 aliphatic rings. The molecule has 0 atom stereocenters. The predicted molar refractivity (Wildman–Crippen MR) is 71.8 cm³/mol. The Morgan fingerprint density at radius 3 is 2.44 bits per heavy atom. The number of rotatable bonds is 7. The van der Waals surface area contributed by atoms with Gasteiger partial charge in [0.2, 0.25) is 0 Å². The molecule has 1 rings (SSSR count). The van der Waals surface area contributed by atoms with Crippen LogP contribution in [0.4, 0.5) is 0 Å². The lowest BCUT2D eigenvalue weighted by atomic mass is 9.92. The summed E-state index contributed by atoms with van der Waals surface area (Å²) in [6.45, 7) is 10.5. The first-order valence-electron chi connectivity index (χ1n) is 6.96. The number of hydrogen-bond donors (Lipinski definition) is 1. The van der Waals surface area contributed by atoms with Crippen molar-refractivity contribution >= 4 is 0 Å². The second-order valence-electron chi connectivity index (χ2n) is 6.19. The molecule has 1 saturated carbocycles. The fraction of sp³-hybridized carbons (Fsp3) is 1.00. The van der Waals surface area contributed by atoms with Gasteiger partial charge in [-0.2, -0.15) is 0 Å². The predicted octanol–water partition coefficient (Wildman–Crippen LogP) is 2.89. The van der Waals surface area contributed by atoms with Gasteiger partial charge in [0.05, 0.1) is 0 Å². The van der Waals surface area contributed by atoms with E-state index in [4.69, 9.17) is 0 Å². The first-order valence-corrected chi connectivity index (χ1v) is 6.96. The Balaban J connectivity index is 2.26.